The molecule has 0 heterocycles. The number of halogens is 1. The number of hydrogen-bond acceptors (Lipinski definition) is 1. The lowest BCUT2D eigenvalue weighted by atomic mass is 10.1. The third-order valence-corrected chi connectivity index (χ3v) is 4.12. The first-order valence-corrected chi connectivity index (χ1v) is 8.74. The van der Waals surface area contributed by atoms with E-state index in [0.717, 1.165) is 25.8 Å². The molecule has 0 bridgehead atoms. The molecule has 2 aromatic rings. The second-order valence-corrected chi connectivity index (χ2v) is 6.06. The number of unbranched alkanes of at least 4 members (excludes halogenated alkanes) is 1. The largest absolute Gasteiger partial charge is 0.338 e. The van der Waals surface area contributed by atoms with Gasteiger partial charge in [0.25, 0.3) is 0 Å². The molecule has 0 radical (unpaired) electrons. The van der Waals surface area contributed by atoms with Gasteiger partial charge in [0.05, 0.1) is 0 Å². The van der Waals surface area contributed by atoms with Gasteiger partial charge in [-0.15, -0.1) is 11.6 Å². The van der Waals surface area contributed by atoms with Crippen LogP contribution in [0.2, 0.25) is 0 Å². The van der Waals surface area contributed by atoms with E-state index in [2.05, 4.69) is 24.3 Å². The zero-order valence-corrected chi connectivity index (χ0v) is 14.2. The van der Waals surface area contributed by atoms with Crippen LogP contribution in [-0.2, 0) is 17.8 Å². The Morgan fingerprint density at radius 3 is 2.09 bits per heavy atom. The summed E-state index contributed by atoms with van der Waals surface area (Å²) in [7, 11) is 0. The minimum atomic E-state index is 0.218. The molecule has 2 aromatic carbocycles. The summed E-state index contributed by atoms with van der Waals surface area (Å²) in [6.07, 6.45) is 3.22. The van der Waals surface area contributed by atoms with Crippen LogP contribution in [0.3, 0.4) is 0 Å². The Morgan fingerprint density at radius 1 is 0.870 bits per heavy atom. The van der Waals surface area contributed by atoms with Crippen molar-refractivity contribution in [3.63, 3.8) is 0 Å². The smallest absolute Gasteiger partial charge is 0.222 e. The molecule has 0 aliphatic heterocycles. The molecule has 0 saturated heterocycles. The molecular formula is C20H24ClNO. The normalized spacial score (nSPS) is 10.5. The molecule has 0 atom stereocenters. The fourth-order valence-corrected chi connectivity index (χ4v) is 2.72. The Kier molecular flexibility index (Phi) is 7.68. The van der Waals surface area contributed by atoms with Gasteiger partial charge in [0, 0.05) is 25.4 Å². The lowest BCUT2D eigenvalue weighted by molar-refractivity contribution is -0.131. The van der Waals surface area contributed by atoms with Gasteiger partial charge in [0.15, 0.2) is 0 Å². The molecule has 0 fully saturated rings. The van der Waals surface area contributed by atoms with E-state index in [-0.39, 0.29) is 5.91 Å². The van der Waals surface area contributed by atoms with E-state index in [0.29, 0.717) is 18.8 Å². The molecule has 0 unspecified atom stereocenters. The highest BCUT2D eigenvalue weighted by Crippen LogP contribution is 2.10. The van der Waals surface area contributed by atoms with Gasteiger partial charge in [-0.3, -0.25) is 4.79 Å². The molecule has 0 saturated carbocycles. The van der Waals surface area contributed by atoms with Crippen molar-refractivity contribution in [1.29, 1.82) is 0 Å². The monoisotopic (exact) mass is 329 g/mol. The maximum Gasteiger partial charge on any atom is 0.222 e. The molecule has 0 aliphatic rings. The van der Waals surface area contributed by atoms with Gasteiger partial charge < -0.3 is 4.90 Å². The Balaban J connectivity index is 1.96. The number of carbonyl (C=O) groups excluding carboxylic acids is 1. The van der Waals surface area contributed by atoms with E-state index in [1.807, 2.05) is 41.3 Å². The molecule has 2 rings (SSSR count). The fraction of sp³-hybridized carbons (Fsp3) is 0.350. The van der Waals surface area contributed by atoms with Crippen molar-refractivity contribution < 1.29 is 4.79 Å². The summed E-state index contributed by atoms with van der Waals surface area (Å²) in [5, 5.41) is 0. The first kappa shape index (κ1) is 17.6. The summed E-state index contributed by atoms with van der Waals surface area (Å²) < 4.78 is 0. The average molecular weight is 330 g/mol. The summed E-state index contributed by atoms with van der Waals surface area (Å²) in [6, 6.07) is 20.5. The number of carbonyl (C=O) groups is 1. The van der Waals surface area contributed by atoms with Crippen LogP contribution in [0, 0.1) is 0 Å². The van der Waals surface area contributed by atoms with E-state index < -0.39 is 0 Å². The second-order valence-electron chi connectivity index (χ2n) is 5.68. The van der Waals surface area contributed by atoms with Crippen LogP contribution in [0.25, 0.3) is 0 Å². The Bertz CT molecular complexity index is 571. The lowest BCUT2D eigenvalue weighted by Crippen LogP contribution is -2.32. The Hall–Kier alpha value is -1.80. The van der Waals surface area contributed by atoms with Crippen molar-refractivity contribution in [2.24, 2.45) is 0 Å². The van der Waals surface area contributed by atoms with Crippen LogP contribution >= 0.6 is 11.6 Å². The number of benzene rings is 2. The number of hydrogen-bond donors (Lipinski definition) is 0. The maximum absolute atomic E-state index is 12.5. The third-order valence-electron chi connectivity index (χ3n) is 3.86. The van der Waals surface area contributed by atoms with Crippen LogP contribution in [0.5, 0.6) is 0 Å². The highest BCUT2D eigenvalue weighted by atomic mass is 35.5. The third kappa shape index (κ3) is 6.45. The van der Waals surface area contributed by atoms with Crippen molar-refractivity contribution in [2.75, 3.05) is 12.4 Å². The van der Waals surface area contributed by atoms with Crippen LogP contribution in [0.1, 0.15) is 30.4 Å². The minimum absolute atomic E-state index is 0.218. The molecule has 23 heavy (non-hydrogen) atoms. The first-order valence-electron chi connectivity index (χ1n) is 8.21. The quantitative estimate of drug-likeness (QED) is 0.483. The molecule has 2 nitrogen and oxygen atoms in total. The van der Waals surface area contributed by atoms with Crippen molar-refractivity contribution in [2.45, 2.75) is 32.2 Å². The molecule has 0 aliphatic carbocycles. The summed E-state index contributed by atoms with van der Waals surface area (Å²) in [5.74, 6) is 0.839. The number of amides is 1. The Morgan fingerprint density at radius 2 is 1.48 bits per heavy atom. The van der Waals surface area contributed by atoms with Crippen molar-refractivity contribution in [1.82, 2.24) is 4.90 Å². The highest BCUT2D eigenvalue weighted by Gasteiger charge is 2.13. The van der Waals surface area contributed by atoms with E-state index in [1.165, 1.54) is 11.1 Å². The van der Waals surface area contributed by atoms with Crippen LogP contribution in [0.4, 0.5) is 0 Å². The molecule has 0 aromatic heterocycles. The lowest BCUT2D eigenvalue weighted by Gasteiger charge is -2.23. The van der Waals surface area contributed by atoms with Crippen LogP contribution < -0.4 is 0 Å². The van der Waals surface area contributed by atoms with Crippen molar-refractivity contribution in [3.05, 3.63) is 71.8 Å². The minimum Gasteiger partial charge on any atom is -0.338 e. The van der Waals surface area contributed by atoms with Gasteiger partial charge in [-0.2, -0.15) is 0 Å². The molecule has 0 N–H and O–H groups in total. The number of nitrogens with zero attached hydrogens (tertiary/aromatic N) is 1. The number of rotatable bonds is 9. The Labute approximate surface area is 144 Å². The molecule has 0 spiro atoms. The van der Waals surface area contributed by atoms with Gasteiger partial charge in [-0.1, -0.05) is 60.7 Å². The van der Waals surface area contributed by atoms with Gasteiger partial charge in [0.2, 0.25) is 5.91 Å². The van der Waals surface area contributed by atoms with E-state index in [4.69, 9.17) is 11.6 Å². The molecule has 3 heteroatoms. The first-order chi connectivity index (χ1) is 11.3. The predicted molar refractivity (Wildman–Crippen MR) is 96.6 cm³/mol. The van der Waals surface area contributed by atoms with Crippen molar-refractivity contribution in [3.8, 4) is 0 Å². The van der Waals surface area contributed by atoms with Gasteiger partial charge in [0.1, 0.15) is 0 Å². The molecular weight excluding hydrogens is 306 g/mol. The van der Waals surface area contributed by atoms with Crippen LogP contribution in [0.15, 0.2) is 60.7 Å². The summed E-state index contributed by atoms with van der Waals surface area (Å²) in [6.45, 7) is 1.42. The summed E-state index contributed by atoms with van der Waals surface area (Å²) in [4.78, 5) is 14.5. The van der Waals surface area contributed by atoms with Gasteiger partial charge >= 0.3 is 0 Å². The van der Waals surface area contributed by atoms with E-state index in [1.54, 1.807) is 0 Å². The summed E-state index contributed by atoms with van der Waals surface area (Å²) >= 11 is 5.71. The fourth-order valence-electron chi connectivity index (χ4n) is 2.53. The van der Waals surface area contributed by atoms with Gasteiger partial charge in [-0.25, -0.2) is 0 Å². The topological polar surface area (TPSA) is 20.3 Å². The average Bonchev–Trinajstić information content (AvgIpc) is 2.60. The standard InChI is InChI=1S/C20H24ClNO/c21-15-8-7-13-20(23)22(17-19-11-5-2-6-12-19)16-14-18-9-3-1-4-10-18/h1-6,9-12H,7-8,13-17H2. The van der Waals surface area contributed by atoms with Crippen LogP contribution in [-0.4, -0.2) is 23.2 Å². The zero-order chi connectivity index (χ0) is 16.3. The molecule has 122 valence electrons. The highest BCUT2D eigenvalue weighted by molar-refractivity contribution is 6.17. The second kappa shape index (κ2) is 10.1. The maximum atomic E-state index is 12.5. The van der Waals surface area contributed by atoms with Crippen molar-refractivity contribution >= 4 is 17.5 Å². The van der Waals surface area contributed by atoms with Gasteiger partial charge in [-0.05, 0) is 30.4 Å². The molecule has 1 amide bonds. The SMILES string of the molecule is O=C(CCCCCl)N(CCc1ccccc1)Cc1ccccc1. The van der Waals surface area contributed by atoms with E-state index in [9.17, 15) is 4.79 Å². The zero-order valence-electron chi connectivity index (χ0n) is 13.5. The summed E-state index contributed by atoms with van der Waals surface area (Å²) in [5.41, 5.74) is 2.44. The van der Waals surface area contributed by atoms with E-state index >= 15 is 0 Å². The number of alkyl halides is 1. The predicted octanol–water partition coefficient (Wildman–Crippen LogP) is 4.67.